The van der Waals surface area contributed by atoms with Gasteiger partial charge in [0.2, 0.25) is 0 Å². The summed E-state index contributed by atoms with van der Waals surface area (Å²) in [4.78, 5) is 4.85. The molecule has 1 heterocycles. The molecule has 0 fully saturated rings. The van der Waals surface area contributed by atoms with Gasteiger partial charge in [-0.1, -0.05) is 113 Å². The highest BCUT2D eigenvalue weighted by atomic mass is 15.1. The van der Waals surface area contributed by atoms with Crippen LogP contribution in [0.1, 0.15) is 38.8 Å². The minimum atomic E-state index is 0.550. The number of imidazole rings is 1. The van der Waals surface area contributed by atoms with Gasteiger partial charge in [-0.2, -0.15) is 0 Å². The standard InChI is InChI=1S/C35H36N2/c1-25(2)21-32-23-31(28-13-9-6-10-14-28)24-33(22-26(3)4)34(32)37-20-19-36-35(37)30-17-15-29(16-18-30)27-11-7-5-8-12-27/h5-20,23-26H,21-22H2,1-4H3. The molecule has 0 saturated heterocycles. The molecule has 0 aliphatic carbocycles. The molecular formula is C35H36N2. The molecule has 0 spiro atoms. The van der Waals surface area contributed by atoms with E-state index >= 15 is 0 Å². The van der Waals surface area contributed by atoms with E-state index in [4.69, 9.17) is 4.98 Å². The van der Waals surface area contributed by atoms with E-state index < -0.39 is 0 Å². The van der Waals surface area contributed by atoms with Crippen LogP contribution in [0.15, 0.2) is 109 Å². The molecule has 2 nitrogen and oxygen atoms in total. The highest BCUT2D eigenvalue weighted by Crippen LogP contribution is 2.34. The van der Waals surface area contributed by atoms with Crippen molar-refractivity contribution >= 4 is 0 Å². The van der Waals surface area contributed by atoms with Crippen LogP contribution in [0.4, 0.5) is 0 Å². The van der Waals surface area contributed by atoms with E-state index in [-0.39, 0.29) is 0 Å². The fourth-order valence-electron chi connectivity index (χ4n) is 5.20. The van der Waals surface area contributed by atoms with Gasteiger partial charge in [-0.25, -0.2) is 4.98 Å². The summed E-state index contributed by atoms with van der Waals surface area (Å²) >= 11 is 0. The summed E-state index contributed by atoms with van der Waals surface area (Å²) in [5.74, 6) is 2.09. The van der Waals surface area contributed by atoms with E-state index in [1.807, 2.05) is 6.20 Å². The Morgan fingerprint density at radius 3 is 1.54 bits per heavy atom. The monoisotopic (exact) mass is 484 g/mol. The lowest BCUT2D eigenvalue weighted by atomic mass is 9.90. The second-order valence-electron chi connectivity index (χ2n) is 10.8. The van der Waals surface area contributed by atoms with E-state index in [9.17, 15) is 0 Å². The molecule has 0 unspecified atom stereocenters. The third-order valence-corrected chi connectivity index (χ3v) is 6.76. The fourth-order valence-corrected chi connectivity index (χ4v) is 5.20. The third kappa shape index (κ3) is 5.59. The summed E-state index contributed by atoms with van der Waals surface area (Å²) in [5.41, 5.74) is 10.2. The first kappa shape index (κ1) is 24.8. The summed E-state index contributed by atoms with van der Waals surface area (Å²) in [5, 5.41) is 0. The molecule has 0 atom stereocenters. The number of benzene rings is 4. The zero-order valence-corrected chi connectivity index (χ0v) is 22.4. The summed E-state index contributed by atoms with van der Waals surface area (Å²) in [6, 6.07) is 34.9. The van der Waals surface area contributed by atoms with Crippen molar-refractivity contribution in [3.05, 3.63) is 121 Å². The van der Waals surface area contributed by atoms with E-state index in [0.29, 0.717) is 11.8 Å². The SMILES string of the molecule is CC(C)Cc1cc(-c2ccccc2)cc(CC(C)C)c1-n1ccnc1-c1ccc(-c2ccccc2)cc1. The van der Waals surface area contributed by atoms with Crippen molar-refractivity contribution < 1.29 is 0 Å². The number of rotatable bonds is 8. The second kappa shape index (κ2) is 11.0. The van der Waals surface area contributed by atoms with E-state index in [2.05, 4.69) is 136 Å². The average Bonchev–Trinajstić information content (AvgIpc) is 3.38. The zero-order chi connectivity index (χ0) is 25.8. The Morgan fingerprint density at radius 1 is 0.568 bits per heavy atom. The molecule has 2 heteroatoms. The quantitative estimate of drug-likeness (QED) is 0.214. The van der Waals surface area contributed by atoms with Gasteiger partial charge in [-0.05, 0) is 70.2 Å². The van der Waals surface area contributed by atoms with Crippen LogP contribution in [-0.4, -0.2) is 9.55 Å². The summed E-state index contributed by atoms with van der Waals surface area (Å²) in [6.07, 6.45) is 6.10. The largest absolute Gasteiger partial charge is 0.299 e. The molecule has 4 aromatic carbocycles. The van der Waals surface area contributed by atoms with Crippen LogP contribution in [0.5, 0.6) is 0 Å². The molecule has 5 aromatic rings. The minimum Gasteiger partial charge on any atom is -0.299 e. The van der Waals surface area contributed by atoms with Gasteiger partial charge in [0, 0.05) is 18.0 Å². The van der Waals surface area contributed by atoms with Crippen molar-refractivity contribution in [2.75, 3.05) is 0 Å². The molecule has 0 bridgehead atoms. The van der Waals surface area contributed by atoms with E-state index in [1.54, 1.807) is 0 Å². The first-order chi connectivity index (χ1) is 18.0. The van der Waals surface area contributed by atoms with Crippen molar-refractivity contribution in [1.29, 1.82) is 0 Å². The van der Waals surface area contributed by atoms with Gasteiger partial charge < -0.3 is 0 Å². The Balaban J connectivity index is 1.64. The zero-order valence-electron chi connectivity index (χ0n) is 22.4. The van der Waals surface area contributed by atoms with Crippen LogP contribution < -0.4 is 0 Å². The maximum Gasteiger partial charge on any atom is 0.144 e. The normalized spacial score (nSPS) is 11.4. The molecule has 186 valence electrons. The molecule has 0 N–H and O–H groups in total. The fraction of sp³-hybridized carbons (Fsp3) is 0.229. The van der Waals surface area contributed by atoms with Gasteiger partial charge in [0.05, 0.1) is 5.69 Å². The number of hydrogen-bond donors (Lipinski definition) is 0. The van der Waals surface area contributed by atoms with Crippen LogP contribution in [0.2, 0.25) is 0 Å². The van der Waals surface area contributed by atoms with Crippen LogP contribution in [0.25, 0.3) is 39.3 Å². The Bertz CT molecular complexity index is 1410. The molecule has 0 amide bonds. The van der Waals surface area contributed by atoms with Crippen LogP contribution in [0.3, 0.4) is 0 Å². The maximum atomic E-state index is 4.85. The summed E-state index contributed by atoms with van der Waals surface area (Å²) < 4.78 is 2.32. The van der Waals surface area contributed by atoms with Crippen molar-refractivity contribution in [3.8, 4) is 39.3 Å². The van der Waals surface area contributed by atoms with Crippen molar-refractivity contribution in [3.63, 3.8) is 0 Å². The van der Waals surface area contributed by atoms with Crippen LogP contribution in [-0.2, 0) is 12.8 Å². The lowest BCUT2D eigenvalue weighted by molar-refractivity contribution is 0.631. The van der Waals surface area contributed by atoms with Crippen molar-refractivity contribution in [2.45, 2.75) is 40.5 Å². The summed E-state index contributed by atoms with van der Waals surface area (Å²) in [7, 11) is 0. The smallest absolute Gasteiger partial charge is 0.144 e. The number of hydrogen-bond acceptors (Lipinski definition) is 1. The highest BCUT2D eigenvalue weighted by molar-refractivity contribution is 5.72. The van der Waals surface area contributed by atoms with Gasteiger partial charge in [-0.15, -0.1) is 0 Å². The molecule has 0 aliphatic heterocycles. The van der Waals surface area contributed by atoms with Crippen molar-refractivity contribution in [1.82, 2.24) is 9.55 Å². The van der Waals surface area contributed by atoms with E-state index in [1.165, 1.54) is 39.1 Å². The summed E-state index contributed by atoms with van der Waals surface area (Å²) in [6.45, 7) is 9.22. The number of nitrogens with zero attached hydrogens (tertiary/aromatic N) is 2. The van der Waals surface area contributed by atoms with Crippen molar-refractivity contribution in [2.24, 2.45) is 11.8 Å². The lowest BCUT2D eigenvalue weighted by Crippen LogP contribution is -2.10. The second-order valence-corrected chi connectivity index (χ2v) is 10.8. The average molecular weight is 485 g/mol. The Morgan fingerprint density at radius 2 is 1.03 bits per heavy atom. The predicted octanol–water partition coefficient (Wildman–Crippen LogP) is 9.27. The highest BCUT2D eigenvalue weighted by Gasteiger charge is 2.19. The molecule has 0 aliphatic rings. The van der Waals surface area contributed by atoms with E-state index in [0.717, 1.165) is 24.2 Å². The molecule has 1 aromatic heterocycles. The van der Waals surface area contributed by atoms with Gasteiger partial charge in [-0.3, -0.25) is 4.57 Å². The Kier molecular flexibility index (Phi) is 7.37. The molecular weight excluding hydrogens is 448 g/mol. The minimum absolute atomic E-state index is 0.550. The predicted molar refractivity (Wildman–Crippen MR) is 157 cm³/mol. The van der Waals surface area contributed by atoms with Crippen LogP contribution >= 0.6 is 0 Å². The van der Waals surface area contributed by atoms with Gasteiger partial charge in [0.1, 0.15) is 5.82 Å². The molecule has 0 saturated carbocycles. The Hall–Kier alpha value is -3.91. The lowest BCUT2D eigenvalue weighted by Gasteiger charge is -2.22. The maximum absolute atomic E-state index is 4.85. The first-order valence-electron chi connectivity index (χ1n) is 13.4. The topological polar surface area (TPSA) is 17.8 Å². The first-order valence-corrected chi connectivity index (χ1v) is 13.4. The Labute approximate surface area is 221 Å². The molecule has 0 radical (unpaired) electrons. The number of aromatic nitrogens is 2. The van der Waals surface area contributed by atoms with Gasteiger partial charge in [0.25, 0.3) is 0 Å². The van der Waals surface area contributed by atoms with Gasteiger partial charge in [0.15, 0.2) is 0 Å². The molecule has 37 heavy (non-hydrogen) atoms. The van der Waals surface area contributed by atoms with Crippen LogP contribution in [0, 0.1) is 11.8 Å². The third-order valence-electron chi connectivity index (χ3n) is 6.76. The van der Waals surface area contributed by atoms with Gasteiger partial charge >= 0.3 is 0 Å². The molecule has 5 rings (SSSR count).